The lowest BCUT2D eigenvalue weighted by Crippen LogP contribution is -2.00. The summed E-state index contributed by atoms with van der Waals surface area (Å²) >= 11 is 1.41. The molecular formula is C14H29O4PS. The molecule has 0 radical (unpaired) electrons. The first-order chi connectivity index (χ1) is 9.54. The van der Waals surface area contributed by atoms with Crippen molar-refractivity contribution in [1.82, 2.24) is 0 Å². The first-order valence-electron chi connectivity index (χ1n) is 7.55. The van der Waals surface area contributed by atoms with Crippen molar-refractivity contribution in [3.05, 3.63) is 0 Å². The summed E-state index contributed by atoms with van der Waals surface area (Å²) in [5, 5.41) is 0.201. The Morgan fingerprint density at radius 1 is 0.950 bits per heavy atom. The van der Waals surface area contributed by atoms with Gasteiger partial charge in [-0.2, -0.15) is 0 Å². The SMILES string of the molecule is CCOP(=O)(CCCCCCCCSC(C)=O)OCC. The van der Waals surface area contributed by atoms with Gasteiger partial charge in [0, 0.05) is 12.7 Å². The molecule has 0 spiro atoms. The molecule has 0 aliphatic carbocycles. The van der Waals surface area contributed by atoms with Gasteiger partial charge in [0.15, 0.2) is 5.12 Å². The van der Waals surface area contributed by atoms with E-state index in [1.807, 2.05) is 13.8 Å². The highest BCUT2D eigenvalue weighted by Crippen LogP contribution is 2.48. The minimum atomic E-state index is -2.84. The van der Waals surface area contributed by atoms with Gasteiger partial charge in [0.25, 0.3) is 0 Å². The second kappa shape index (κ2) is 12.9. The third kappa shape index (κ3) is 12.0. The van der Waals surface area contributed by atoms with Crippen molar-refractivity contribution in [3.8, 4) is 0 Å². The van der Waals surface area contributed by atoms with Crippen LogP contribution in [0.4, 0.5) is 0 Å². The van der Waals surface area contributed by atoms with Crippen LogP contribution in [0, 0.1) is 0 Å². The lowest BCUT2D eigenvalue weighted by atomic mass is 10.1. The van der Waals surface area contributed by atoms with Crippen molar-refractivity contribution >= 4 is 24.5 Å². The van der Waals surface area contributed by atoms with Crippen LogP contribution in [0.1, 0.15) is 59.3 Å². The van der Waals surface area contributed by atoms with Crippen LogP contribution in [0.2, 0.25) is 0 Å². The molecule has 0 amide bonds. The van der Waals surface area contributed by atoms with Crippen molar-refractivity contribution in [1.29, 1.82) is 0 Å². The van der Waals surface area contributed by atoms with Crippen molar-refractivity contribution in [2.24, 2.45) is 0 Å². The van der Waals surface area contributed by atoms with Crippen LogP contribution in [-0.4, -0.2) is 30.2 Å². The van der Waals surface area contributed by atoms with E-state index >= 15 is 0 Å². The Bertz CT molecular complexity index is 287. The molecule has 0 bridgehead atoms. The summed E-state index contributed by atoms with van der Waals surface area (Å²) in [6, 6.07) is 0. The number of carbonyl (C=O) groups is 1. The standard InChI is InChI=1S/C14H29O4PS/c1-4-17-19(16,18-5-2)12-10-8-6-7-9-11-13-20-14(3)15/h4-13H2,1-3H3. The van der Waals surface area contributed by atoms with Crippen molar-refractivity contribution in [2.75, 3.05) is 25.1 Å². The van der Waals surface area contributed by atoms with E-state index in [0.29, 0.717) is 19.4 Å². The Morgan fingerprint density at radius 2 is 1.45 bits per heavy atom. The quantitative estimate of drug-likeness (QED) is 0.357. The molecule has 0 aromatic carbocycles. The van der Waals surface area contributed by atoms with Crippen LogP contribution < -0.4 is 0 Å². The van der Waals surface area contributed by atoms with Crippen molar-refractivity contribution < 1.29 is 18.4 Å². The van der Waals surface area contributed by atoms with E-state index in [0.717, 1.165) is 37.9 Å². The van der Waals surface area contributed by atoms with Crippen LogP contribution in [0.3, 0.4) is 0 Å². The monoisotopic (exact) mass is 324 g/mol. The Balaban J connectivity index is 3.50. The zero-order valence-corrected chi connectivity index (χ0v) is 14.8. The first kappa shape index (κ1) is 20.2. The van der Waals surface area contributed by atoms with Gasteiger partial charge in [0.1, 0.15) is 0 Å². The van der Waals surface area contributed by atoms with E-state index in [-0.39, 0.29) is 5.12 Å². The predicted octanol–water partition coefficient (Wildman–Crippen LogP) is 4.87. The Morgan fingerprint density at radius 3 is 1.95 bits per heavy atom. The fourth-order valence-corrected chi connectivity index (χ4v) is 4.26. The predicted molar refractivity (Wildman–Crippen MR) is 86.6 cm³/mol. The Hall–Kier alpha value is 0.170. The molecule has 0 fully saturated rings. The van der Waals surface area contributed by atoms with Gasteiger partial charge in [-0.15, -0.1) is 0 Å². The molecule has 120 valence electrons. The average molecular weight is 324 g/mol. The van der Waals surface area contributed by atoms with Gasteiger partial charge in [0.05, 0.1) is 19.4 Å². The molecule has 0 aromatic heterocycles. The van der Waals surface area contributed by atoms with Gasteiger partial charge in [-0.05, 0) is 26.7 Å². The van der Waals surface area contributed by atoms with Crippen LogP contribution in [0.25, 0.3) is 0 Å². The summed E-state index contributed by atoms with van der Waals surface area (Å²) in [6.45, 7) is 6.16. The lowest BCUT2D eigenvalue weighted by Gasteiger charge is -2.16. The Labute approximate surface area is 127 Å². The van der Waals surface area contributed by atoms with E-state index in [1.165, 1.54) is 18.2 Å². The molecule has 0 saturated carbocycles. The van der Waals surface area contributed by atoms with Crippen molar-refractivity contribution in [2.45, 2.75) is 59.3 Å². The van der Waals surface area contributed by atoms with E-state index in [9.17, 15) is 9.36 Å². The smallest absolute Gasteiger partial charge is 0.309 e. The summed E-state index contributed by atoms with van der Waals surface area (Å²) in [6.07, 6.45) is 7.04. The van der Waals surface area contributed by atoms with Gasteiger partial charge in [-0.1, -0.05) is 37.4 Å². The fourth-order valence-electron chi connectivity index (χ4n) is 1.89. The molecule has 0 unspecified atom stereocenters. The average Bonchev–Trinajstić information content (AvgIpc) is 2.37. The highest BCUT2D eigenvalue weighted by molar-refractivity contribution is 8.13. The largest absolute Gasteiger partial charge is 0.330 e. The Kier molecular flexibility index (Phi) is 13.0. The van der Waals surface area contributed by atoms with Gasteiger partial charge >= 0.3 is 7.60 Å². The normalized spacial score (nSPS) is 11.8. The third-order valence-electron chi connectivity index (χ3n) is 2.78. The third-order valence-corrected chi connectivity index (χ3v) is 5.85. The highest BCUT2D eigenvalue weighted by atomic mass is 32.2. The molecule has 6 heteroatoms. The van der Waals surface area contributed by atoms with Crippen LogP contribution in [0.15, 0.2) is 0 Å². The summed E-state index contributed by atoms with van der Waals surface area (Å²) in [5.41, 5.74) is 0. The summed E-state index contributed by atoms with van der Waals surface area (Å²) in [4.78, 5) is 10.7. The van der Waals surface area contributed by atoms with Gasteiger partial charge in [-0.3, -0.25) is 9.36 Å². The molecule has 0 rings (SSSR count). The first-order valence-corrected chi connectivity index (χ1v) is 10.3. The van der Waals surface area contributed by atoms with E-state index in [4.69, 9.17) is 9.05 Å². The zero-order valence-electron chi connectivity index (χ0n) is 13.1. The topological polar surface area (TPSA) is 52.6 Å². The summed E-state index contributed by atoms with van der Waals surface area (Å²) in [5.74, 6) is 0.930. The molecule has 0 heterocycles. The van der Waals surface area contributed by atoms with E-state index in [1.54, 1.807) is 6.92 Å². The summed E-state index contributed by atoms with van der Waals surface area (Å²) in [7, 11) is -2.84. The minimum Gasteiger partial charge on any atom is -0.309 e. The minimum absolute atomic E-state index is 0.201. The second-order valence-corrected chi connectivity index (χ2v) is 8.09. The number of unbranched alkanes of at least 4 members (excludes halogenated alkanes) is 5. The zero-order chi connectivity index (χ0) is 15.3. The van der Waals surface area contributed by atoms with Gasteiger partial charge in [-0.25, -0.2) is 0 Å². The van der Waals surface area contributed by atoms with Gasteiger partial charge in [0.2, 0.25) is 0 Å². The highest BCUT2D eigenvalue weighted by Gasteiger charge is 2.22. The number of carbonyl (C=O) groups excluding carboxylic acids is 1. The maximum atomic E-state index is 12.2. The number of hydrogen-bond acceptors (Lipinski definition) is 5. The van der Waals surface area contributed by atoms with Crippen LogP contribution in [-0.2, 0) is 18.4 Å². The van der Waals surface area contributed by atoms with E-state index in [2.05, 4.69) is 0 Å². The van der Waals surface area contributed by atoms with E-state index < -0.39 is 7.60 Å². The number of hydrogen-bond donors (Lipinski definition) is 0. The molecule has 0 atom stereocenters. The lowest BCUT2D eigenvalue weighted by molar-refractivity contribution is -0.109. The van der Waals surface area contributed by atoms with Gasteiger partial charge < -0.3 is 9.05 Å². The molecule has 4 nitrogen and oxygen atoms in total. The molecule has 0 aliphatic rings. The maximum absolute atomic E-state index is 12.2. The molecule has 20 heavy (non-hydrogen) atoms. The molecule has 0 aromatic rings. The van der Waals surface area contributed by atoms with Crippen molar-refractivity contribution in [3.63, 3.8) is 0 Å². The second-order valence-electron chi connectivity index (χ2n) is 4.63. The molecular weight excluding hydrogens is 295 g/mol. The fraction of sp³-hybridized carbons (Fsp3) is 0.929. The molecule has 0 N–H and O–H groups in total. The number of thioether (sulfide) groups is 1. The molecule has 0 saturated heterocycles. The maximum Gasteiger partial charge on any atom is 0.330 e. The molecule has 0 aliphatic heterocycles. The van der Waals surface area contributed by atoms with Crippen LogP contribution in [0.5, 0.6) is 0 Å². The summed E-state index contributed by atoms with van der Waals surface area (Å²) < 4.78 is 22.7. The van der Waals surface area contributed by atoms with Crippen LogP contribution >= 0.6 is 19.4 Å². The number of rotatable bonds is 13.